The SMILES string of the molecule is CCNC(=NCCc1ccccn1)N1CCC(c2ccccc2)C1.I. The first-order chi connectivity index (χ1) is 11.9. The lowest BCUT2D eigenvalue weighted by Crippen LogP contribution is -2.40. The fraction of sp³-hybridized carbons (Fsp3) is 0.400. The van der Waals surface area contributed by atoms with E-state index in [1.165, 1.54) is 12.0 Å². The molecule has 1 aliphatic heterocycles. The number of benzene rings is 1. The molecule has 0 amide bonds. The zero-order chi connectivity index (χ0) is 16.6. The van der Waals surface area contributed by atoms with E-state index in [0.29, 0.717) is 5.92 Å². The summed E-state index contributed by atoms with van der Waals surface area (Å²) in [7, 11) is 0. The number of hydrogen-bond donors (Lipinski definition) is 1. The normalized spacial score (nSPS) is 17.2. The Bertz CT molecular complexity index is 645. The van der Waals surface area contributed by atoms with Gasteiger partial charge in [0.1, 0.15) is 0 Å². The first-order valence-corrected chi connectivity index (χ1v) is 8.85. The minimum atomic E-state index is 0. The number of nitrogens with zero attached hydrogens (tertiary/aromatic N) is 3. The van der Waals surface area contributed by atoms with Crippen LogP contribution in [0.3, 0.4) is 0 Å². The van der Waals surface area contributed by atoms with Crippen LogP contribution in [-0.2, 0) is 6.42 Å². The average molecular weight is 450 g/mol. The van der Waals surface area contributed by atoms with Crippen LogP contribution >= 0.6 is 24.0 Å². The zero-order valence-corrected chi connectivity index (χ0v) is 17.1. The Hall–Kier alpha value is -1.63. The molecule has 1 unspecified atom stereocenters. The zero-order valence-electron chi connectivity index (χ0n) is 14.8. The van der Waals surface area contributed by atoms with E-state index < -0.39 is 0 Å². The van der Waals surface area contributed by atoms with E-state index >= 15 is 0 Å². The summed E-state index contributed by atoms with van der Waals surface area (Å²) >= 11 is 0. The molecule has 1 aromatic heterocycles. The summed E-state index contributed by atoms with van der Waals surface area (Å²) in [5, 5.41) is 3.44. The molecule has 134 valence electrons. The van der Waals surface area contributed by atoms with E-state index in [1.54, 1.807) is 0 Å². The van der Waals surface area contributed by atoms with Crippen LogP contribution < -0.4 is 5.32 Å². The van der Waals surface area contributed by atoms with E-state index in [1.807, 2.05) is 18.3 Å². The third-order valence-electron chi connectivity index (χ3n) is 4.45. The van der Waals surface area contributed by atoms with Gasteiger partial charge in [0.05, 0.1) is 0 Å². The van der Waals surface area contributed by atoms with Crippen molar-refractivity contribution >= 4 is 29.9 Å². The van der Waals surface area contributed by atoms with Crippen molar-refractivity contribution in [1.82, 2.24) is 15.2 Å². The number of halogens is 1. The second kappa shape index (κ2) is 10.4. The van der Waals surface area contributed by atoms with Crippen molar-refractivity contribution in [2.24, 2.45) is 4.99 Å². The average Bonchev–Trinajstić information content (AvgIpc) is 3.13. The largest absolute Gasteiger partial charge is 0.357 e. The monoisotopic (exact) mass is 450 g/mol. The molecule has 25 heavy (non-hydrogen) atoms. The maximum atomic E-state index is 4.81. The van der Waals surface area contributed by atoms with Crippen molar-refractivity contribution < 1.29 is 0 Å². The second-order valence-corrected chi connectivity index (χ2v) is 6.15. The van der Waals surface area contributed by atoms with Gasteiger partial charge in [-0.3, -0.25) is 9.98 Å². The Morgan fingerprint density at radius 2 is 2.00 bits per heavy atom. The first-order valence-electron chi connectivity index (χ1n) is 8.85. The number of aliphatic imine (C=N–C) groups is 1. The molecule has 0 radical (unpaired) electrons. The number of likely N-dealkylation sites (tertiary alicyclic amines) is 1. The summed E-state index contributed by atoms with van der Waals surface area (Å²) in [5.74, 6) is 1.64. The van der Waals surface area contributed by atoms with Gasteiger partial charge < -0.3 is 10.2 Å². The van der Waals surface area contributed by atoms with Gasteiger partial charge in [0, 0.05) is 50.4 Å². The van der Waals surface area contributed by atoms with Gasteiger partial charge in [0.25, 0.3) is 0 Å². The number of hydrogen-bond acceptors (Lipinski definition) is 2. The number of guanidine groups is 1. The highest BCUT2D eigenvalue weighted by Crippen LogP contribution is 2.26. The van der Waals surface area contributed by atoms with Gasteiger partial charge in [-0.25, -0.2) is 0 Å². The van der Waals surface area contributed by atoms with E-state index in [9.17, 15) is 0 Å². The first kappa shape index (κ1) is 19.7. The van der Waals surface area contributed by atoms with Crippen molar-refractivity contribution in [3.63, 3.8) is 0 Å². The Labute approximate surface area is 167 Å². The van der Waals surface area contributed by atoms with Crippen molar-refractivity contribution in [3.8, 4) is 0 Å². The molecule has 0 saturated carbocycles. The lowest BCUT2D eigenvalue weighted by atomic mass is 9.99. The summed E-state index contributed by atoms with van der Waals surface area (Å²) in [6.07, 6.45) is 3.91. The van der Waals surface area contributed by atoms with Crippen LogP contribution in [0.5, 0.6) is 0 Å². The van der Waals surface area contributed by atoms with E-state index in [-0.39, 0.29) is 24.0 Å². The quantitative estimate of drug-likeness (QED) is 0.429. The minimum absolute atomic E-state index is 0. The van der Waals surface area contributed by atoms with Crippen molar-refractivity contribution in [2.75, 3.05) is 26.2 Å². The highest BCUT2D eigenvalue weighted by Gasteiger charge is 2.25. The lowest BCUT2D eigenvalue weighted by molar-refractivity contribution is 0.486. The molecule has 1 saturated heterocycles. The molecule has 0 aliphatic carbocycles. The third kappa shape index (κ3) is 5.70. The molecule has 2 aromatic rings. The molecule has 1 fully saturated rings. The molecule has 1 aromatic carbocycles. The molecule has 1 aliphatic rings. The van der Waals surface area contributed by atoms with Crippen molar-refractivity contribution in [3.05, 3.63) is 66.0 Å². The fourth-order valence-electron chi connectivity index (χ4n) is 3.20. The van der Waals surface area contributed by atoms with Gasteiger partial charge in [-0.05, 0) is 31.0 Å². The van der Waals surface area contributed by atoms with Crippen LogP contribution in [-0.4, -0.2) is 42.0 Å². The highest BCUT2D eigenvalue weighted by molar-refractivity contribution is 14.0. The topological polar surface area (TPSA) is 40.5 Å². The predicted molar refractivity (Wildman–Crippen MR) is 115 cm³/mol. The molecular weight excluding hydrogens is 423 g/mol. The van der Waals surface area contributed by atoms with Gasteiger partial charge in [-0.2, -0.15) is 0 Å². The summed E-state index contributed by atoms with van der Waals surface area (Å²) in [4.78, 5) is 11.6. The Kier molecular flexibility index (Phi) is 8.18. The van der Waals surface area contributed by atoms with Gasteiger partial charge in [0.15, 0.2) is 5.96 Å². The van der Waals surface area contributed by atoms with Crippen LogP contribution in [0.15, 0.2) is 59.7 Å². The highest BCUT2D eigenvalue weighted by atomic mass is 127. The standard InChI is InChI=1S/C20H26N4.HI/c1-2-21-20(23-14-11-19-10-6-7-13-22-19)24-15-12-18(16-24)17-8-4-3-5-9-17;/h3-10,13,18H,2,11-12,14-16H2,1H3,(H,21,23);1H. The van der Waals surface area contributed by atoms with E-state index in [4.69, 9.17) is 4.99 Å². The Morgan fingerprint density at radius 3 is 2.72 bits per heavy atom. The molecule has 2 heterocycles. The Balaban J connectivity index is 0.00000225. The van der Waals surface area contributed by atoms with E-state index in [0.717, 1.165) is 44.3 Å². The molecule has 3 rings (SSSR count). The van der Waals surface area contributed by atoms with Crippen molar-refractivity contribution in [1.29, 1.82) is 0 Å². The van der Waals surface area contributed by atoms with Gasteiger partial charge in [0.2, 0.25) is 0 Å². The number of nitrogens with one attached hydrogen (secondary N) is 1. The number of pyridine rings is 1. The predicted octanol–water partition coefficient (Wildman–Crippen LogP) is 3.70. The van der Waals surface area contributed by atoms with Crippen LogP contribution in [0.1, 0.15) is 30.5 Å². The summed E-state index contributed by atoms with van der Waals surface area (Å²) in [6, 6.07) is 16.9. The molecule has 0 bridgehead atoms. The smallest absolute Gasteiger partial charge is 0.193 e. The van der Waals surface area contributed by atoms with Gasteiger partial charge in [-0.1, -0.05) is 36.4 Å². The van der Waals surface area contributed by atoms with Gasteiger partial charge >= 0.3 is 0 Å². The molecule has 4 nitrogen and oxygen atoms in total. The van der Waals surface area contributed by atoms with Crippen molar-refractivity contribution in [2.45, 2.75) is 25.7 Å². The lowest BCUT2D eigenvalue weighted by Gasteiger charge is -2.21. The molecule has 1 N–H and O–H groups in total. The second-order valence-electron chi connectivity index (χ2n) is 6.15. The fourth-order valence-corrected chi connectivity index (χ4v) is 3.20. The van der Waals surface area contributed by atoms with Crippen LogP contribution in [0.4, 0.5) is 0 Å². The van der Waals surface area contributed by atoms with Crippen LogP contribution in [0, 0.1) is 0 Å². The maximum Gasteiger partial charge on any atom is 0.193 e. The van der Waals surface area contributed by atoms with Gasteiger partial charge in [-0.15, -0.1) is 24.0 Å². The molecule has 1 atom stereocenters. The molecule has 0 spiro atoms. The summed E-state index contributed by atoms with van der Waals surface area (Å²) in [6.45, 7) is 5.90. The Morgan fingerprint density at radius 1 is 1.20 bits per heavy atom. The summed E-state index contributed by atoms with van der Waals surface area (Å²) in [5.41, 5.74) is 2.53. The molecular formula is C20H27IN4. The van der Waals surface area contributed by atoms with E-state index in [2.05, 4.69) is 58.5 Å². The molecule has 5 heteroatoms. The minimum Gasteiger partial charge on any atom is -0.357 e. The maximum absolute atomic E-state index is 4.81. The summed E-state index contributed by atoms with van der Waals surface area (Å²) < 4.78 is 0. The third-order valence-corrected chi connectivity index (χ3v) is 4.45. The van der Waals surface area contributed by atoms with Crippen LogP contribution in [0.2, 0.25) is 0 Å². The van der Waals surface area contributed by atoms with Crippen LogP contribution in [0.25, 0.3) is 0 Å². The number of rotatable bonds is 5. The number of aromatic nitrogens is 1.